The van der Waals surface area contributed by atoms with Gasteiger partial charge in [0.15, 0.2) is 4.34 Å². The zero-order chi connectivity index (χ0) is 20.1. The first kappa shape index (κ1) is 21.0. The Bertz CT molecular complexity index is 975. The Kier molecular flexibility index (Phi) is 7.24. The van der Waals surface area contributed by atoms with Crippen molar-refractivity contribution >= 4 is 57.9 Å². The van der Waals surface area contributed by atoms with Gasteiger partial charge in [-0.05, 0) is 55.0 Å². The molecule has 0 bridgehead atoms. The summed E-state index contributed by atoms with van der Waals surface area (Å²) >= 11 is 15.3. The average molecular weight is 453 g/mol. The smallest absolute Gasteiger partial charge is 0.234 e. The Morgan fingerprint density at radius 1 is 1.21 bits per heavy atom. The summed E-state index contributed by atoms with van der Waals surface area (Å²) in [4.78, 5) is 17.9. The molecule has 0 saturated carbocycles. The van der Waals surface area contributed by atoms with Crippen LogP contribution in [0.4, 0.5) is 5.69 Å². The van der Waals surface area contributed by atoms with Gasteiger partial charge in [0.05, 0.1) is 18.6 Å². The molecule has 0 fully saturated rings. The molecule has 3 aromatic rings. The largest absolute Gasteiger partial charge is 0.497 e. The van der Waals surface area contributed by atoms with Crippen LogP contribution in [-0.2, 0) is 11.2 Å². The number of halogens is 2. The molecule has 2 aromatic carbocycles. The summed E-state index contributed by atoms with van der Waals surface area (Å²) in [5.41, 5.74) is 2.65. The number of ether oxygens (including phenoxy) is 1. The van der Waals surface area contributed by atoms with Crippen LogP contribution in [0.5, 0.6) is 5.75 Å². The normalized spacial score (nSPS) is 10.7. The number of carbonyl (C=O) groups excluding carboxylic acids is 1. The van der Waals surface area contributed by atoms with Crippen LogP contribution >= 0.6 is 46.3 Å². The lowest BCUT2D eigenvalue weighted by Gasteiger charge is -2.05. The number of rotatable bonds is 7. The number of anilines is 1. The zero-order valence-electron chi connectivity index (χ0n) is 15.3. The second kappa shape index (κ2) is 9.65. The molecule has 3 rings (SSSR count). The van der Waals surface area contributed by atoms with Crippen molar-refractivity contribution in [2.24, 2.45) is 0 Å². The van der Waals surface area contributed by atoms with E-state index in [0.717, 1.165) is 31.9 Å². The molecule has 0 unspecified atom stereocenters. The molecule has 1 heterocycles. The predicted octanol–water partition coefficient (Wildman–Crippen LogP) is 6.09. The molecule has 0 aliphatic carbocycles. The number of thioether (sulfide) groups is 1. The average Bonchev–Trinajstić information content (AvgIpc) is 3.03. The predicted molar refractivity (Wildman–Crippen MR) is 118 cm³/mol. The molecule has 0 spiro atoms. The van der Waals surface area contributed by atoms with E-state index in [1.54, 1.807) is 42.7 Å². The Balaban J connectivity index is 1.58. The molecule has 8 heteroatoms. The van der Waals surface area contributed by atoms with Crippen molar-refractivity contribution < 1.29 is 9.53 Å². The minimum Gasteiger partial charge on any atom is -0.497 e. The number of amides is 1. The van der Waals surface area contributed by atoms with Gasteiger partial charge in [-0.3, -0.25) is 4.79 Å². The molecular formula is C20H18Cl2N2O2S2. The molecule has 4 nitrogen and oxygen atoms in total. The third-order valence-corrected chi connectivity index (χ3v) is 6.84. The molecule has 0 atom stereocenters. The minimum absolute atomic E-state index is 0.0811. The van der Waals surface area contributed by atoms with Crippen molar-refractivity contribution in [3.05, 3.63) is 68.6 Å². The van der Waals surface area contributed by atoms with E-state index in [4.69, 9.17) is 27.9 Å². The lowest BCUT2D eigenvalue weighted by Crippen LogP contribution is -2.13. The summed E-state index contributed by atoms with van der Waals surface area (Å²) in [6.07, 6.45) is 0.668. The van der Waals surface area contributed by atoms with E-state index in [1.165, 1.54) is 11.8 Å². The molecule has 0 aliphatic heterocycles. The van der Waals surface area contributed by atoms with Gasteiger partial charge in [-0.2, -0.15) is 0 Å². The van der Waals surface area contributed by atoms with E-state index in [-0.39, 0.29) is 11.7 Å². The summed E-state index contributed by atoms with van der Waals surface area (Å²) < 4.78 is 5.97. The highest BCUT2D eigenvalue weighted by Gasteiger charge is 2.13. The number of nitrogens with zero attached hydrogens (tertiary/aromatic N) is 1. The minimum atomic E-state index is -0.0811. The Morgan fingerprint density at radius 2 is 1.96 bits per heavy atom. The molecule has 0 radical (unpaired) electrons. The Morgan fingerprint density at radius 3 is 2.68 bits per heavy atom. The van der Waals surface area contributed by atoms with Crippen molar-refractivity contribution in [2.45, 2.75) is 17.7 Å². The second-order valence-electron chi connectivity index (χ2n) is 5.97. The number of aromatic nitrogens is 1. The summed E-state index contributed by atoms with van der Waals surface area (Å²) in [7, 11) is 1.61. The van der Waals surface area contributed by atoms with E-state index in [2.05, 4.69) is 10.3 Å². The maximum absolute atomic E-state index is 12.2. The monoisotopic (exact) mass is 452 g/mol. The van der Waals surface area contributed by atoms with Gasteiger partial charge >= 0.3 is 0 Å². The first-order chi connectivity index (χ1) is 13.4. The lowest BCUT2D eigenvalue weighted by atomic mass is 10.1. The van der Waals surface area contributed by atoms with Gasteiger partial charge in [-0.15, -0.1) is 11.3 Å². The van der Waals surface area contributed by atoms with Crippen molar-refractivity contribution in [3.8, 4) is 5.75 Å². The van der Waals surface area contributed by atoms with Gasteiger partial charge in [0.2, 0.25) is 5.91 Å². The first-order valence-electron chi connectivity index (χ1n) is 8.41. The third kappa shape index (κ3) is 5.64. The topological polar surface area (TPSA) is 51.2 Å². The van der Waals surface area contributed by atoms with E-state index in [0.29, 0.717) is 16.5 Å². The Labute approximate surface area is 182 Å². The van der Waals surface area contributed by atoms with E-state index >= 15 is 0 Å². The maximum atomic E-state index is 12.2. The molecule has 1 amide bonds. The molecular weight excluding hydrogens is 435 g/mol. The molecule has 0 aliphatic rings. The van der Waals surface area contributed by atoms with Crippen LogP contribution in [0.2, 0.25) is 10.0 Å². The van der Waals surface area contributed by atoms with Gasteiger partial charge in [0.25, 0.3) is 0 Å². The second-order valence-corrected chi connectivity index (χ2v) is 9.12. The van der Waals surface area contributed by atoms with Crippen LogP contribution in [0, 0.1) is 6.92 Å². The number of nitrogens with one attached hydrogen (secondary N) is 1. The van der Waals surface area contributed by atoms with E-state index in [9.17, 15) is 4.79 Å². The van der Waals surface area contributed by atoms with E-state index < -0.39 is 0 Å². The third-order valence-electron chi connectivity index (χ3n) is 3.93. The Hall–Kier alpha value is -1.73. The number of thiazole rings is 1. The van der Waals surface area contributed by atoms with Crippen molar-refractivity contribution in [1.29, 1.82) is 0 Å². The van der Waals surface area contributed by atoms with Crippen LogP contribution in [0.25, 0.3) is 0 Å². The van der Waals surface area contributed by atoms with Gasteiger partial charge in [-0.1, -0.05) is 35.0 Å². The fraction of sp³-hybridized carbons (Fsp3) is 0.200. The van der Waals surface area contributed by atoms with E-state index in [1.807, 2.05) is 25.1 Å². The maximum Gasteiger partial charge on any atom is 0.234 e. The fourth-order valence-electron chi connectivity index (χ4n) is 2.48. The number of carbonyl (C=O) groups is 1. The molecule has 1 aromatic heterocycles. The molecule has 1 N–H and O–H groups in total. The lowest BCUT2D eigenvalue weighted by molar-refractivity contribution is -0.113. The quantitative estimate of drug-likeness (QED) is 0.440. The van der Waals surface area contributed by atoms with Crippen molar-refractivity contribution in [3.63, 3.8) is 0 Å². The fourth-order valence-corrected chi connectivity index (χ4v) is 4.91. The number of aryl methyl sites for hydroxylation is 1. The number of methoxy groups -OCH3 is 1. The van der Waals surface area contributed by atoms with Gasteiger partial charge in [-0.25, -0.2) is 4.98 Å². The number of benzene rings is 2. The van der Waals surface area contributed by atoms with Crippen LogP contribution in [0.15, 0.2) is 46.8 Å². The highest BCUT2D eigenvalue weighted by Crippen LogP contribution is 2.31. The number of hydrogen-bond acceptors (Lipinski definition) is 5. The van der Waals surface area contributed by atoms with Crippen LogP contribution in [0.1, 0.15) is 16.1 Å². The SMILES string of the molecule is COc1ccc(NC(=O)CSc2nc(C)c(Cc3cc(Cl)ccc3Cl)s2)cc1. The molecule has 0 saturated heterocycles. The highest BCUT2D eigenvalue weighted by molar-refractivity contribution is 8.01. The summed E-state index contributed by atoms with van der Waals surface area (Å²) in [6, 6.07) is 12.7. The van der Waals surface area contributed by atoms with Gasteiger partial charge in [0.1, 0.15) is 5.75 Å². The van der Waals surface area contributed by atoms with Crippen molar-refractivity contribution in [1.82, 2.24) is 4.98 Å². The van der Waals surface area contributed by atoms with Crippen LogP contribution < -0.4 is 10.1 Å². The molecule has 28 heavy (non-hydrogen) atoms. The zero-order valence-corrected chi connectivity index (χ0v) is 18.4. The first-order valence-corrected chi connectivity index (χ1v) is 11.0. The summed E-state index contributed by atoms with van der Waals surface area (Å²) in [6.45, 7) is 1.96. The number of hydrogen-bond donors (Lipinski definition) is 1. The molecule has 146 valence electrons. The summed E-state index contributed by atoms with van der Waals surface area (Å²) in [5.74, 6) is 0.955. The van der Waals surface area contributed by atoms with Gasteiger partial charge < -0.3 is 10.1 Å². The standard InChI is InChI=1S/C20H18Cl2N2O2S2/c1-12-18(10-13-9-14(21)3-8-17(13)22)28-20(23-12)27-11-19(25)24-15-4-6-16(26-2)7-5-15/h3-9H,10-11H2,1-2H3,(H,24,25). The van der Waals surface area contributed by atoms with Gasteiger partial charge in [0, 0.05) is 27.0 Å². The summed E-state index contributed by atoms with van der Waals surface area (Å²) in [5, 5.41) is 4.21. The van der Waals surface area contributed by atoms with Crippen molar-refractivity contribution in [2.75, 3.05) is 18.2 Å². The van der Waals surface area contributed by atoms with Crippen LogP contribution in [0.3, 0.4) is 0 Å². The highest BCUT2D eigenvalue weighted by atomic mass is 35.5. The van der Waals surface area contributed by atoms with Crippen LogP contribution in [-0.4, -0.2) is 23.8 Å².